The number of nitrogens with zero attached hydrogens (tertiary/aromatic N) is 5. The lowest BCUT2D eigenvalue weighted by atomic mass is 9.84. The van der Waals surface area contributed by atoms with Gasteiger partial charge >= 0.3 is 16.4 Å². The number of hydroxylamine groups is 2. The number of β-lactam (4-membered cyclic amide) rings is 1. The zero-order chi connectivity index (χ0) is 34.5. The fourth-order valence-corrected chi connectivity index (χ4v) is 5.63. The number of aromatic nitrogens is 1. The predicted octanol–water partition coefficient (Wildman–Crippen LogP) is -0.813. The number of thiazole rings is 1. The monoisotopic (exact) mass is 697 g/mol. The van der Waals surface area contributed by atoms with E-state index in [4.69, 9.17) is 31.3 Å². The van der Waals surface area contributed by atoms with Gasteiger partial charge < -0.3 is 42.1 Å². The number of carboxylic acids is 1. The number of guanidine groups is 1. The lowest BCUT2D eigenvalue weighted by Gasteiger charge is -2.50. The van der Waals surface area contributed by atoms with Crippen molar-refractivity contribution >= 4 is 56.3 Å². The number of hydrogen-bond donors (Lipinski definition) is 6. The molecule has 0 bridgehead atoms. The fourth-order valence-electron chi connectivity index (χ4n) is 4.63. The Morgan fingerprint density at radius 2 is 1.98 bits per heavy atom. The third-order valence-electron chi connectivity index (χ3n) is 7.16. The van der Waals surface area contributed by atoms with Crippen molar-refractivity contribution in [3.63, 3.8) is 0 Å². The largest absolute Gasteiger partial charge is 0.489 e. The molecule has 0 aliphatic carbocycles. The summed E-state index contributed by atoms with van der Waals surface area (Å²) in [7, 11) is -5.02. The number of anilines is 1. The first-order chi connectivity index (χ1) is 22.1. The second-order valence-electron chi connectivity index (χ2n) is 11.0. The Morgan fingerprint density at radius 3 is 2.60 bits per heavy atom. The van der Waals surface area contributed by atoms with Gasteiger partial charge in [-0.2, -0.15) is 13.5 Å². The second-order valence-corrected chi connectivity index (χ2v) is 12.9. The highest BCUT2D eigenvalue weighted by Crippen LogP contribution is 2.33. The lowest BCUT2D eigenvalue weighted by Crippen LogP contribution is -2.76. The minimum Gasteiger partial charge on any atom is -0.489 e. The van der Waals surface area contributed by atoms with Crippen LogP contribution in [0.4, 0.5) is 5.13 Å². The number of nitrogen functional groups attached to an aromatic ring is 1. The first-order valence-electron chi connectivity index (χ1n) is 14.1. The first-order valence-corrected chi connectivity index (χ1v) is 16.3. The van der Waals surface area contributed by atoms with Gasteiger partial charge in [0.05, 0.1) is 5.54 Å². The molecule has 0 saturated carbocycles. The van der Waals surface area contributed by atoms with E-state index in [2.05, 4.69) is 24.7 Å². The number of amides is 2. The summed E-state index contributed by atoms with van der Waals surface area (Å²) in [6.45, 7) is 4.42. The molecule has 2 amide bonds. The van der Waals surface area contributed by atoms with Gasteiger partial charge in [-0.15, -0.1) is 15.6 Å². The average Bonchev–Trinajstić information content (AvgIpc) is 3.63. The molecule has 0 radical (unpaired) electrons. The third kappa shape index (κ3) is 8.62. The molecular weight excluding hydrogens is 662 g/mol. The van der Waals surface area contributed by atoms with Gasteiger partial charge in [-0.25, -0.2) is 9.78 Å². The molecule has 1 aromatic heterocycles. The van der Waals surface area contributed by atoms with E-state index in [1.807, 2.05) is 11.0 Å². The number of carbonyl (C=O) groups excluding carboxylic acids is 2. The van der Waals surface area contributed by atoms with Gasteiger partial charge in [0.25, 0.3) is 17.9 Å². The standard InChI is InChI=1S/C26H35N9O10S2/c1-26(2)20(22(37)35(26)45-47(40,41)42)32-21(36)19(17-13-46-25(29)31-17)33-44-18(23(38)39)12-43-16-6-5-14-10-34(11-15(14)9-16)24(28)30-8-4-3-7-27/h5-6,9,13,18,20H,3-4,7-8,10-12,27H2,1-2H3,(H2,28,30)(H2,29,31)(H,32,36)(H,38,39)(H,40,41,42)/b33-19-. The molecule has 19 nitrogen and oxygen atoms in total. The van der Waals surface area contributed by atoms with E-state index < -0.39 is 58.2 Å². The number of ether oxygens (including phenoxy) is 1. The summed E-state index contributed by atoms with van der Waals surface area (Å²) in [5.41, 5.74) is 17.2. The number of nitrogens with one attached hydrogen (secondary N) is 1. The van der Waals surface area contributed by atoms with Gasteiger partial charge in [0.2, 0.25) is 0 Å². The molecule has 2 unspecified atom stereocenters. The smallest absolute Gasteiger partial charge is 0.418 e. The number of oxime groups is 1. The molecule has 1 fully saturated rings. The van der Waals surface area contributed by atoms with Gasteiger partial charge in [0.1, 0.15) is 24.1 Å². The van der Waals surface area contributed by atoms with Gasteiger partial charge in [-0.3, -0.25) is 19.1 Å². The highest BCUT2D eigenvalue weighted by molar-refractivity contribution is 7.80. The normalized spacial score (nSPS) is 18.4. The molecule has 3 heterocycles. The fraction of sp³-hybridized carbons (Fsp3) is 0.462. The van der Waals surface area contributed by atoms with Crippen molar-refractivity contribution in [3.8, 4) is 5.75 Å². The number of benzene rings is 1. The SMILES string of the molecule is CC1(C)C(NC(=O)/C(=N\OC(COc2ccc3c(c2)CN(C(N)=NCCCCN)C3)C(=O)O)c2csc(N)n2)C(=O)N1OS(=O)(=O)O. The minimum atomic E-state index is -5.02. The molecule has 2 aliphatic heterocycles. The van der Waals surface area contributed by atoms with E-state index in [0.717, 1.165) is 35.3 Å². The van der Waals surface area contributed by atoms with Crippen molar-refractivity contribution in [2.45, 2.75) is 57.5 Å². The summed E-state index contributed by atoms with van der Waals surface area (Å²) in [4.78, 5) is 53.2. The Bertz CT molecular complexity index is 1680. The summed E-state index contributed by atoms with van der Waals surface area (Å²) >= 11 is 0.957. The van der Waals surface area contributed by atoms with Crippen LogP contribution in [0.25, 0.3) is 0 Å². The molecule has 2 aliphatic rings. The Kier molecular flexibility index (Phi) is 10.9. The highest BCUT2D eigenvalue weighted by atomic mass is 32.3. The molecule has 4 rings (SSSR count). The van der Waals surface area contributed by atoms with Gasteiger partial charge in [0.15, 0.2) is 16.8 Å². The zero-order valence-corrected chi connectivity index (χ0v) is 27.0. The van der Waals surface area contributed by atoms with Crippen LogP contribution in [-0.4, -0.2) is 99.9 Å². The van der Waals surface area contributed by atoms with Crippen LogP contribution in [0.1, 0.15) is 43.5 Å². The Balaban J connectivity index is 1.42. The van der Waals surface area contributed by atoms with Crippen molar-refractivity contribution in [3.05, 3.63) is 40.4 Å². The van der Waals surface area contributed by atoms with Crippen LogP contribution in [0.15, 0.2) is 33.7 Å². The maximum Gasteiger partial charge on any atom is 0.418 e. The molecular formula is C26H35N9O10S2. The molecule has 1 saturated heterocycles. The number of carboxylic acid groups (broad SMARTS) is 1. The molecule has 47 heavy (non-hydrogen) atoms. The molecule has 2 aromatic rings. The molecule has 1 aromatic carbocycles. The average molecular weight is 698 g/mol. The molecule has 9 N–H and O–H groups in total. The number of fused-ring (bicyclic) bond motifs is 1. The van der Waals surface area contributed by atoms with Crippen LogP contribution in [0.5, 0.6) is 5.75 Å². The molecule has 21 heteroatoms. The van der Waals surface area contributed by atoms with E-state index in [9.17, 15) is 27.9 Å². The van der Waals surface area contributed by atoms with Crippen molar-refractivity contribution in [1.29, 1.82) is 0 Å². The number of aliphatic imine (C=N–C) groups is 1. The number of unbranched alkanes of at least 4 members (excludes halogenated alkanes) is 1. The van der Waals surface area contributed by atoms with E-state index >= 15 is 0 Å². The maximum absolute atomic E-state index is 13.2. The first kappa shape index (κ1) is 35.3. The van der Waals surface area contributed by atoms with E-state index in [1.165, 1.54) is 19.2 Å². The Labute approximate surface area is 273 Å². The van der Waals surface area contributed by atoms with Gasteiger partial charge in [-0.05, 0) is 56.5 Å². The zero-order valence-electron chi connectivity index (χ0n) is 25.4. The second kappa shape index (κ2) is 14.5. The summed E-state index contributed by atoms with van der Waals surface area (Å²) < 4.78 is 41.1. The van der Waals surface area contributed by atoms with E-state index in [1.54, 1.807) is 12.1 Å². The Hall–Kier alpha value is -4.57. The Morgan fingerprint density at radius 1 is 1.26 bits per heavy atom. The summed E-state index contributed by atoms with van der Waals surface area (Å²) in [6.07, 6.45) is 0.00715. The number of nitrogens with two attached hydrogens (primary N) is 3. The van der Waals surface area contributed by atoms with Crippen LogP contribution < -0.4 is 27.3 Å². The maximum atomic E-state index is 13.2. The molecule has 0 spiro atoms. The van der Waals surface area contributed by atoms with E-state index in [0.29, 0.717) is 43.0 Å². The summed E-state index contributed by atoms with van der Waals surface area (Å²) in [5, 5.41) is 17.7. The summed E-state index contributed by atoms with van der Waals surface area (Å²) in [5.74, 6) is -2.70. The topological polar surface area (TPSA) is 288 Å². The number of aliphatic carboxylic acids is 1. The molecule has 256 valence electrons. The van der Waals surface area contributed by atoms with Crippen LogP contribution in [-0.2, 0) is 47.0 Å². The van der Waals surface area contributed by atoms with E-state index in [-0.39, 0.29) is 10.8 Å². The summed E-state index contributed by atoms with van der Waals surface area (Å²) in [6, 6.07) is 3.93. The lowest BCUT2D eigenvalue weighted by molar-refractivity contribution is -0.218. The minimum absolute atomic E-state index is 0.0567. The van der Waals surface area contributed by atoms with Crippen molar-refractivity contribution in [2.24, 2.45) is 21.6 Å². The van der Waals surface area contributed by atoms with Crippen LogP contribution >= 0.6 is 11.3 Å². The highest BCUT2D eigenvalue weighted by Gasteiger charge is 2.58. The van der Waals surface area contributed by atoms with Gasteiger partial charge in [-0.1, -0.05) is 11.2 Å². The third-order valence-corrected chi connectivity index (χ3v) is 8.17. The van der Waals surface area contributed by atoms with Crippen LogP contribution in [0.3, 0.4) is 0 Å². The molecule has 2 atom stereocenters. The number of hydrogen-bond acceptors (Lipinski definition) is 14. The van der Waals surface area contributed by atoms with Crippen molar-refractivity contribution in [1.82, 2.24) is 20.3 Å². The van der Waals surface area contributed by atoms with Crippen LogP contribution in [0.2, 0.25) is 0 Å². The number of carbonyl (C=O) groups is 3. The van der Waals surface area contributed by atoms with Crippen molar-refractivity contribution in [2.75, 3.05) is 25.4 Å². The predicted molar refractivity (Wildman–Crippen MR) is 167 cm³/mol. The van der Waals surface area contributed by atoms with Crippen molar-refractivity contribution < 1.29 is 46.3 Å². The van der Waals surface area contributed by atoms with Crippen LogP contribution in [0, 0.1) is 0 Å². The van der Waals surface area contributed by atoms with Gasteiger partial charge in [0, 0.05) is 25.0 Å². The number of rotatable bonds is 15. The quantitative estimate of drug-likeness (QED) is 0.0331.